The minimum atomic E-state index is -0.169. The number of fused-ring (bicyclic) bond motifs is 1. The van der Waals surface area contributed by atoms with Gasteiger partial charge in [0.1, 0.15) is 11.5 Å². The fraction of sp³-hybridized carbons (Fsp3) is 0.278. The number of amides is 1. The van der Waals surface area contributed by atoms with Crippen LogP contribution in [0.1, 0.15) is 17.5 Å². The summed E-state index contributed by atoms with van der Waals surface area (Å²) >= 11 is 0. The molecule has 4 nitrogen and oxygen atoms in total. The van der Waals surface area contributed by atoms with Crippen molar-refractivity contribution in [3.8, 4) is 11.5 Å². The zero-order valence-electron chi connectivity index (χ0n) is 12.6. The second-order valence-electron chi connectivity index (χ2n) is 5.42. The van der Waals surface area contributed by atoms with Crippen molar-refractivity contribution in [2.75, 3.05) is 18.5 Å². The van der Waals surface area contributed by atoms with E-state index in [9.17, 15) is 4.79 Å². The zero-order chi connectivity index (χ0) is 15.4. The van der Waals surface area contributed by atoms with Crippen LogP contribution in [0.25, 0.3) is 0 Å². The zero-order valence-corrected chi connectivity index (χ0v) is 12.6. The highest BCUT2D eigenvalue weighted by molar-refractivity contribution is 5.92. The first-order chi connectivity index (χ1) is 10.7. The van der Waals surface area contributed by atoms with Crippen molar-refractivity contribution in [3.05, 3.63) is 53.6 Å². The predicted octanol–water partition coefficient (Wildman–Crippen LogP) is 3.34. The molecule has 1 heterocycles. The molecule has 2 aromatic carbocycles. The number of anilines is 1. The predicted molar refractivity (Wildman–Crippen MR) is 85.6 cm³/mol. The van der Waals surface area contributed by atoms with E-state index in [0.29, 0.717) is 5.75 Å². The Labute approximate surface area is 130 Å². The van der Waals surface area contributed by atoms with Crippen molar-refractivity contribution in [2.45, 2.75) is 19.8 Å². The third-order valence-corrected chi connectivity index (χ3v) is 3.58. The lowest BCUT2D eigenvalue weighted by Gasteiger charge is -2.18. The summed E-state index contributed by atoms with van der Waals surface area (Å²) in [5.74, 6) is 1.44. The average Bonchev–Trinajstić information content (AvgIpc) is 2.54. The van der Waals surface area contributed by atoms with Gasteiger partial charge in [0.05, 0.1) is 6.61 Å². The molecule has 1 N–H and O–H groups in total. The van der Waals surface area contributed by atoms with Gasteiger partial charge in [0.2, 0.25) is 0 Å². The van der Waals surface area contributed by atoms with Crippen molar-refractivity contribution < 1.29 is 14.3 Å². The number of hydrogen-bond acceptors (Lipinski definition) is 3. The number of rotatable bonds is 4. The highest BCUT2D eigenvalue weighted by atomic mass is 16.5. The Kier molecular flexibility index (Phi) is 4.28. The third kappa shape index (κ3) is 3.58. The summed E-state index contributed by atoms with van der Waals surface area (Å²) in [7, 11) is 0. The normalized spacial score (nSPS) is 13.0. The van der Waals surface area contributed by atoms with Gasteiger partial charge in [-0.1, -0.05) is 17.7 Å². The number of nitrogens with one attached hydrogen (secondary N) is 1. The van der Waals surface area contributed by atoms with Crippen LogP contribution < -0.4 is 14.8 Å². The van der Waals surface area contributed by atoms with E-state index in [1.54, 1.807) is 0 Å². The summed E-state index contributed by atoms with van der Waals surface area (Å²) in [6.07, 6.45) is 2.00. The fourth-order valence-corrected chi connectivity index (χ4v) is 2.42. The number of aryl methyl sites for hydroxylation is 2. The van der Waals surface area contributed by atoms with Crippen molar-refractivity contribution in [1.29, 1.82) is 0 Å². The van der Waals surface area contributed by atoms with Gasteiger partial charge >= 0.3 is 0 Å². The van der Waals surface area contributed by atoms with E-state index in [0.717, 1.165) is 42.0 Å². The molecule has 4 heteroatoms. The minimum Gasteiger partial charge on any atom is -0.493 e. The molecular formula is C18H19NO3. The molecule has 0 atom stereocenters. The molecule has 114 valence electrons. The van der Waals surface area contributed by atoms with E-state index < -0.39 is 0 Å². The van der Waals surface area contributed by atoms with Gasteiger partial charge in [-0.3, -0.25) is 4.79 Å². The van der Waals surface area contributed by atoms with Crippen LogP contribution in [0.3, 0.4) is 0 Å². The van der Waals surface area contributed by atoms with Crippen LogP contribution in [0.4, 0.5) is 5.69 Å². The quantitative estimate of drug-likeness (QED) is 0.941. The van der Waals surface area contributed by atoms with Crippen molar-refractivity contribution in [2.24, 2.45) is 0 Å². The van der Waals surface area contributed by atoms with Crippen LogP contribution >= 0.6 is 0 Å². The second kappa shape index (κ2) is 6.52. The lowest BCUT2D eigenvalue weighted by atomic mass is 10.1. The van der Waals surface area contributed by atoms with Gasteiger partial charge in [-0.25, -0.2) is 0 Å². The second-order valence-corrected chi connectivity index (χ2v) is 5.42. The summed E-state index contributed by atoms with van der Waals surface area (Å²) in [5, 5.41) is 2.85. The molecule has 0 aliphatic carbocycles. The Morgan fingerprint density at radius 2 is 2.05 bits per heavy atom. The maximum atomic E-state index is 12.0. The highest BCUT2D eigenvalue weighted by Crippen LogP contribution is 2.27. The molecule has 0 bridgehead atoms. The first-order valence-electron chi connectivity index (χ1n) is 7.46. The molecule has 0 saturated carbocycles. The number of carbonyl (C=O) groups excluding carboxylic acids is 1. The van der Waals surface area contributed by atoms with E-state index in [1.165, 1.54) is 0 Å². The summed E-state index contributed by atoms with van der Waals surface area (Å²) in [6, 6.07) is 13.4. The number of hydrogen-bond donors (Lipinski definition) is 1. The van der Waals surface area contributed by atoms with E-state index >= 15 is 0 Å². The topological polar surface area (TPSA) is 47.6 Å². The Morgan fingerprint density at radius 3 is 2.86 bits per heavy atom. The molecule has 1 aliphatic rings. The molecule has 0 unspecified atom stereocenters. The molecule has 22 heavy (non-hydrogen) atoms. The van der Waals surface area contributed by atoms with Gasteiger partial charge in [-0.2, -0.15) is 0 Å². The number of ether oxygens (including phenoxy) is 2. The first-order valence-corrected chi connectivity index (χ1v) is 7.46. The minimum absolute atomic E-state index is 0.00333. The van der Waals surface area contributed by atoms with Crippen molar-refractivity contribution in [1.82, 2.24) is 0 Å². The molecule has 0 saturated heterocycles. The Balaban J connectivity index is 1.56. The van der Waals surface area contributed by atoms with Gasteiger partial charge < -0.3 is 14.8 Å². The SMILES string of the molecule is Cc1ccc(OCC(=O)Nc2ccc3c(c2)CCCO3)cc1. The summed E-state index contributed by atoms with van der Waals surface area (Å²) in [6.45, 7) is 2.77. The maximum absolute atomic E-state index is 12.0. The first kappa shape index (κ1) is 14.4. The van der Waals surface area contributed by atoms with Gasteiger partial charge in [0.15, 0.2) is 6.61 Å². The summed E-state index contributed by atoms with van der Waals surface area (Å²) in [5.41, 5.74) is 3.08. The summed E-state index contributed by atoms with van der Waals surface area (Å²) in [4.78, 5) is 12.0. The van der Waals surface area contributed by atoms with E-state index in [2.05, 4.69) is 5.32 Å². The highest BCUT2D eigenvalue weighted by Gasteiger charge is 2.11. The van der Waals surface area contributed by atoms with Crippen LogP contribution in [0.2, 0.25) is 0 Å². The molecule has 3 rings (SSSR count). The molecule has 2 aromatic rings. The average molecular weight is 297 g/mol. The smallest absolute Gasteiger partial charge is 0.262 e. The molecule has 1 amide bonds. The van der Waals surface area contributed by atoms with Crippen LogP contribution in [-0.2, 0) is 11.2 Å². The largest absolute Gasteiger partial charge is 0.493 e. The van der Waals surface area contributed by atoms with Gasteiger partial charge in [0.25, 0.3) is 5.91 Å². The number of benzene rings is 2. The molecule has 1 aliphatic heterocycles. The van der Waals surface area contributed by atoms with E-state index in [4.69, 9.17) is 9.47 Å². The van der Waals surface area contributed by atoms with Crippen molar-refractivity contribution in [3.63, 3.8) is 0 Å². The molecule has 0 aromatic heterocycles. The molecule has 0 fully saturated rings. The van der Waals surface area contributed by atoms with Crippen LogP contribution in [0, 0.1) is 6.92 Å². The maximum Gasteiger partial charge on any atom is 0.262 e. The van der Waals surface area contributed by atoms with E-state index in [-0.39, 0.29) is 12.5 Å². The lowest BCUT2D eigenvalue weighted by molar-refractivity contribution is -0.118. The third-order valence-electron chi connectivity index (χ3n) is 3.58. The molecular weight excluding hydrogens is 278 g/mol. The molecule has 0 spiro atoms. The lowest BCUT2D eigenvalue weighted by Crippen LogP contribution is -2.20. The summed E-state index contributed by atoms with van der Waals surface area (Å²) < 4.78 is 11.0. The van der Waals surface area contributed by atoms with Gasteiger partial charge in [-0.05, 0) is 55.7 Å². The Hall–Kier alpha value is -2.49. The number of carbonyl (C=O) groups is 1. The van der Waals surface area contributed by atoms with Gasteiger partial charge in [0, 0.05) is 5.69 Å². The fourth-order valence-electron chi connectivity index (χ4n) is 2.42. The molecule has 0 radical (unpaired) electrons. The van der Waals surface area contributed by atoms with Gasteiger partial charge in [-0.15, -0.1) is 0 Å². The Morgan fingerprint density at radius 1 is 1.23 bits per heavy atom. The van der Waals surface area contributed by atoms with E-state index in [1.807, 2.05) is 49.4 Å². The van der Waals surface area contributed by atoms with Crippen LogP contribution in [0.15, 0.2) is 42.5 Å². The Bertz CT molecular complexity index is 665. The van der Waals surface area contributed by atoms with Crippen molar-refractivity contribution >= 4 is 11.6 Å². The van der Waals surface area contributed by atoms with Crippen LogP contribution in [0.5, 0.6) is 11.5 Å². The monoisotopic (exact) mass is 297 g/mol. The van der Waals surface area contributed by atoms with Crippen LogP contribution in [-0.4, -0.2) is 19.1 Å². The standard InChI is InChI=1S/C18H19NO3/c1-13-4-7-16(8-5-13)22-12-18(20)19-15-6-9-17-14(11-15)3-2-10-21-17/h4-9,11H,2-3,10,12H2,1H3,(H,19,20).